The molecule has 1 unspecified atom stereocenters. The minimum absolute atomic E-state index is 0.0999. The van der Waals surface area contributed by atoms with Crippen molar-refractivity contribution in [2.75, 3.05) is 30.4 Å². The summed E-state index contributed by atoms with van der Waals surface area (Å²) in [6.07, 6.45) is 5.54. The Morgan fingerprint density at radius 1 is 0.941 bits per heavy atom. The molecule has 1 fully saturated rings. The summed E-state index contributed by atoms with van der Waals surface area (Å²) in [5.41, 5.74) is 4.08. The minimum Gasteiger partial charge on any atom is -0.497 e. The third-order valence-corrected chi connectivity index (χ3v) is 7.28. The van der Waals surface area contributed by atoms with Crippen molar-refractivity contribution >= 4 is 22.4 Å². The van der Waals surface area contributed by atoms with Gasteiger partial charge in [-0.25, -0.2) is 15.0 Å². The van der Waals surface area contributed by atoms with E-state index in [1.54, 1.807) is 18.4 Å². The van der Waals surface area contributed by atoms with Gasteiger partial charge in [0.05, 0.1) is 29.4 Å². The lowest BCUT2D eigenvalue weighted by Gasteiger charge is -2.25. The molecule has 1 atom stereocenters. The van der Waals surface area contributed by atoms with Crippen LogP contribution in [0.4, 0.5) is 11.1 Å². The number of nitrogens with one attached hydrogen (secondary N) is 1. The predicted octanol–water partition coefficient (Wildman–Crippen LogP) is 6.44. The van der Waals surface area contributed by atoms with Crippen LogP contribution in [0.25, 0.3) is 21.8 Å². The van der Waals surface area contributed by atoms with E-state index >= 15 is 0 Å². The number of aromatic nitrogens is 3. The predicted molar refractivity (Wildman–Crippen MR) is 140 cm³/mol. The lowest BCUT2D eigenvalue weighted by atomic mass is 10.1. The Morgan fingerprint density at radius 3 is 2.44 bits per heavy atom. The van der Waals surface area contributed by atoms with Gasteiger partial charge in [-0.2, -0.15) is 0 Å². The zero-order valence-corrected chi connectivity index (χ0v) is 20.4. The molecule has 2 aromatic carbocycles. The van der Waals surface area contributed by atoms with Crippen LogP contribution in [0.5, 0.6) is 5.75 Å². The number of rotatable bonds is 7. The summed E-state index contributed by atoms with van der Waals surface area (Å²) in [5.74, 6) is 1.45. The molecule has 3 heterocycles. The number of thiazole rings is 1. The highest BCUT2D eigenvalue weighted by Gasteiger charge is 2.21. The molecule has 4 aromatic rings. The van der Waals surface area contributed by atoms with Gasteiger partial charge in [-0.1, -0.05) is 41.7 Å². The average Bonchev–Trinajstić information content (AvgIpc) is 3.36. The van der Waals surface area contributed by atoms with Gasteiger partial charge in [-0.05, 0) is 62.1 Å². The molecule has 5 rings (SSSR count). The first-order valence-electron chi connectivity index (χ1n) is 11.8. The van der Waals surface area contributed by atoms with E-state index in [4.69, 9.17) is 14.7 Å². The molecule has 0 saturated carbocycles. The second-order valence-electron chi connectivity index (χ2n) is 8.49. The Morgan fingerprint density at radius 2 is 1.71 bits per heavy atom. The quantitative estimate of drug-likeness (QED) is 0.335. The normalized spacial score (nSPS) is 14.6. The number of anilines is 2. The zero-order chi connectivity index (χ0) is 23.3. The molecule has 2 aromatic heterocycles. The molecular formula is C27H29N5OS. The summed E-state index contributed by atoms with van der Waals surface area (Å²) in [5, 5.41) is 4.51. The molecule has 34 heavy (non-hydrogen) atoms. The Hall–Kier alpha value is -3.45. The summed E-state index contributed by atoms with van der Waals surface area (Å²) in [6, 6.07) is 20.5. The second-order valence-corrected chi connectivity index (χ2v) is 9.47. The van der Waals surface area contributed by atoms with Crippen molar-refractivity contribution in [1.82, 2.24) is 15.0 Å². The maximum Gasteiger partial charge on any atom is 0.223 e. The number of piperidine rings is 1. The van der Waals surface area contributed by atoms with Gasteiger partial charge in [0.15, 0.2) is 5.13 Å². The number of benzene rings is 2. The molecule has 0 bridgehead atoms. The highest BCUT2D eigenvalue weighted by molar-refractivity contribution is 7.19. The van der Waals surface area contributed by atoms with E-state index in [2.05, 4.69) is 46.4 Å². The smallest absolute Gasteiger partial charge is 0.223 e. The van der Waals surface area contributed by atoms with Crippen LogP contribution in [0.2, 0.25) is 0 Å². The van der Waals surface area contributed by atoms with Crippen LogP contribution in [0.1, 0.15) is 37.8 Å². The van der Waals surface area contributed by atoms with Crippen molar-refractivity contribution < 1.29 is 4.74 Å². The number of methoxy groups -OCH3 is 1. The summed E-state index contributed by atoms with van der Waals surface area (Å²) >= 11 is 1.71. The molecular weight excluding hydrogens is 442 g/mol. The van der Waals surface area contributed by atoms with E-state index in [0.29, 0.717) is 5.95 Å². The number of hydrogen-bond acceptors (Lipinski definition) is 7. The van der Waals surface area contributed by atoms with E-state index in [1.165, 1.54) is 24.8 Å². The van der Waals surface area contributed by atoms with Crippen LogP contribution in [-0.4, -0.2) is 35.2 Å². The van der Waals surface area contributed by atoms with Crippen molar-refractivity contribution in [2.24, 2.45) is 0 Å². The highest BCUT2D eigenvalue weighted by Crippen LogP contribution is 2.40. The van der Waals surface area contributed by atoms with Crippen LogP contribution >= 0.6 is 11.3 Å². The maximum absolute atomic E-state index is 5.35. The van der Waals surface area contributed by atoms with Gasteiger partial charge in [-0.3, -0.25) is 0 Å². The lowest BCUT2D eigenvalue weighted by Crippen LogP contribution is -2.29. The topological polar surface area (TPSA) is 63.2 Å². The zero-order valence-electron chi connectivity index (χ0n) is 19.6. The number of nitrogens with zero attached hydrogens (tertiary/aromatic N) is 4. The Labute approximate surface area is 204 Å². The lowest BCUT2D eigenvalue weighted by molar-refractivity contribution is 0.415. The molecule has 6 nitrogen and oxygen atoms in total. The first-order valence-corrected chi connectivity index (χ1v) is 12.6. The Kier molecular flexibility index (Phi) is 6.72. The third-order valence-electron chi connectivity index (χ3n) is 6.14. The SMILES string of the molecule is COc1ccc(-c2nc(N3CCCCC3)sc2-c2ccnc(NC(C)c3ccccc3)n2)cc1. The summed E-state index contributed by atoms with van der Waals surface area (Å²) in [7, 11) is 1.68. The largest absolute Gasteiger partial charge is 0.497 e. The van der Waals surface area contributed by atoms with E-state index in [1.807, 2.05) is 42.6 Å². The molecule has 174 valence electrons. The monoisotopic (exact) mass is 471 g/mol. The number of hydrogen-bond donors (Lipinski definition) is 1. The molecule has 1 aliphatic rings. The minimum atomic E-state index is 0.0999. The fourth-order valence-electron chi connectivity index (χ4n) is 4.22. The second kappa shape index (κ2) is 10.2. The van der Waals surface area contributed by atoms with Crippen LogP contribution in [0.15, 0.2) is 66.9 Å². The van der Waals surface area contributed by atoms with Crippen molar-refractivity contribution in [3.63, 3.8) is 0 Å². The van der Waals surface area contributed by atoms with Gasteiger partial charge in [0.1, 0.15) is 5.75 Å². The van der Waals surface area contributed by atoms with Crippen LogP contribution in [0.3, 0.4) is 0 Å². The third kappa shape index (κ3) is 4.89. The molecule has 1 N–H and O–H groups in total. The van der Waals surface area contributed by atoms with Gasteiger partial charge in [0, 0.05) is 24.8 Å². The van der Waals surface area contributed by atoms with Gasteiger partial charge >= 0.3 is 0 Å². The first-order chi connectivity index (χ1) is 16.7. The van der Waals surface area contributed by atoms with Gasteiger partial charge in [0.2, 0.25) is 5.95 Å². The van der Waals surface area contributed by atoms with Crippen molar-refractivity contribution in [2.45, 2.75) is 32.2 Å². The molecule has 0 aliphatic carbocycles. The molecule has 0 radical (unpaired) electrons. The fraction of sp³-hybridized carbons (Fsp3) is 0.296. The number of ether oxygens (including phenoxy) is 1. The van der Waals surface area contributed by atoms with E-state index < -0.39 is 0 Å². The van der Waals surface area contributed by atoms with E-state index in [9.17, 15) is 0 Å². The molecule has 7 heteroatoms. The Bertz CT molecular complexity index is 1220. The molecule has 1 saturated heterocycles. The van der Waals surface area contributed by atoms with Crippen molar-refractivity contribution in [1.29, 1.82) is 0 Å². The first kappa shape index (κ1) is 22.3. The van der Waals surface area contributed by atoms with Gasteiger partial charge in [0.25, 0.3) is 0 Å². The van der Waals surface area contributed by atoms with Crippen LogP contribution in [0, 0.1) is 0 Å². The standard InChI is InChI=1S/C27H29N5OS/c1-19(20-9-5-3-6-10-20)29-26-28-16-15-23(30-26)25-24(21-11-13-22(33-2)14-12-21)31-27(34-25)32-17-7-4-8-18-32/h3,5-6,9-16,19H,4,7-8,17-18H2,1-2H3,(H,28,29,30). The van der Waals surface area contributed by atoms with E-state index in [0.717, 1.165) is 45.8 Å². The highest BCUT2D eigenvalue weighted by atomic mass is 32.1. The van der Waals surface area contributed by atoms with E-state index in [-0.39, 0.29) is 6.04 Å². The van der Waals surface area contributed by atoms with Crippen LogP contribution < -0.4 is 15.0 Å². The summed E-state index contributed by atoms with van der Waals surface area (Å²) in [4.78, 5) is 17.9. The van der Waals surface area contributed by atoms with Gasteiger partial charge < -0.3 is 15.0 Å². The van der Waals surface area contributed by atoms with Crippen molar-refractivity contribution in [3.8, 4) is 27.6 Å². The summed E-state index contributed by atoms with van der Waals surface area (Å²) < 4.78 is 5.35. The Balaban J connectivity index is 1.50. The van der Waals surface area contributed by atoms with Crippen molar-refractivity contribution in [3.05, 3.63) is 72.4 Å². The van der Waals surface area contributed by atoms with Crippen LogP contribution in [-0.2, 0) is 0 Å². The molecule has 1 aliphatic heterocycles. The molecule has 0 amide bonds. The van der Waals surface area contributed by atoms with Gasteiger partial charge in [-0.15, -0.1) is 0 Å². The molecule has 0 spiro atoms. The summed E-state index contributed by atoms with van der Waals surface area (Å²) in [6.45, 7) is 4.23. The maximum atomic E-state index is 5.35. The average molecular weight is 472 g/mol. The fourth-order valence-corrected chi connectivity index (χ4v) is 5.33.